The van der Waals surface area contributed by atoms with Crippen LogP contribution in [0.5, 0.6) is 0 Å². The highest BCUT2D eigenvalue weighted by atomic mass is 32.1. The van der Waals surface area contributed by atoms with Crippen molar-refractivity contribution in [1.82, 2.24) is 10.3 Å². The normalized spacial score (nSPS) is 15.9. The van der Waals surface area contributed by atoms with E-state index in [4.69, 9.17) is 0 Å². The summed E-state index contributed by atoms with van der Waals surface area (Å²) in [5.41, 5.74) is 1.80. The molecule has 1 heterocycles. The van der Waals surface area contributed by atoms with Crippen molar-refractivity contribution >= 4 is 17.2 Å². The number of aromatic nitrogens is 1. The fourth-order valence-electron chi connectivity index (χ4n) is 2.36. The molecule has 3 rings (SSSR count). The van der Waals surface area contributed by atoms with E-state index in [1.54, 1.807) is 0 Å². The van der Waals surface area contributed by atoms with E-state index in [-0.39, 0.29) is 11.9 Å². The monoisotopic (exact) mass is 286 g/mol. The van der Waals surface area contributed by atoms with Gasteiger partial charge in [-0.15, -0.1) is 11.3 Å². The van der Waals surface area contributed by atoms with Crippen LogP contribution in [0, 0.1) is 12.8 Å². The SMILES string of the molecule is Cc1nc(-c2ccccc2)c(C(=O)NC(C)C2CC2)s1. The Balaban J connectivity index is 1.87. The molecule has 0 radical (unpaired) electrons. The summed E-state index contributed by atoms with van der Waals surface area (Å²) in [6, 6.07) is 10.2. The summed E-state index contributed by atoms with van der Waals surface area (Å²) in [5.74, 6) is 0.669. The number of aryl methyl sites for hydroxylation is 1. The van der Waals surface area contributed by atoms with Crippen molar-refractivity contribution < 1.29 is 4.79 Å². The Morgan fingerprint density at radius 2 is 2.05 bits per heavy atom. The molecule has 20 heavy (non-hydrogen) atoms. The molecule has 0 saturated heterocycles. The number of nitrogens with zero attached hydrogens (tertiary/aromatic N) is 1. The standard InChI is InChI=1S/C16H18N2OS/c1-10(12-8-9-12)17-16(19)15-14(18-11(2)20-15)13-6-4-3-5-7-13/h3-7,10,12H,8-9H2,1-2H3,(H,17,19). The summed E-state index contributed by atoms with van der Waals surface area (Å²) in [4.78, 5) is 17.7. The lowest BCUT2D eigenvalue weighted by Gasteiger charge is -2.12. The van der Waals surface area contributed by atoms with Gasteiger partial charge < -0.3 is 5.32 Å². The number of amides is 1. The van der Waals surface area contributed by atoms with Gasteiger partial charge in [-0.05, 0) is 32.6 Å². The number of rotatable bonds is 4. The third-order valence-corrected chi connectivity index (χ3v) is 4.64. The van der Waals surface area contributed by atoms with Gasteiger partial charge in [-0.25, -0.2) is 4.98 Å². The van der Waals surface area contributed by atoms with E-state index in [0.29, 0.717) is 5.92 Å². The zero-order chi connectivity index (χ0) is 14.1. The van der Waals surface area contributed by atoms with Gasteiger partial charge in [-0.1, -0.05) is 30.3 Å². The fourth-order valence-corrected chi connectivity index (χ4v) is 3.20. The Hall–Kier alpha value is -1.68. The molecule has 1 aliphatic rings. The Labute approximate surface area is 123 Å². The number of hydrogen-bond donors (Lipinski definition) is 1. The van der Waals surface area contributed by atoms with Crippen LogP contribution in [0.1, 0.15) is 34.4 Å². The molecule has 1 amide bonds. The minimum Gasteiger partial charge on any atom is -0.349 e. The smallest absolute Gasteiger partial charge is 0.263 e. The van der Waals surface area contributed by atoms with Gasteiger partial charge in [-0.3, -0.25) is 4.79 Å². The van der Waals surface area contributed by atoms with Gasteiger partial charge in [0.1, 0.15) is 4.88 Å². The molecule has 1 aliphatic carbocycles. The molecule has 1 N–H and O–H groups in total. The van der Waals surface area contributed by atoms with Crippen molar-refractivity contribution in [3.05, 3.63) is 40.2 Å². The molecule has 0 aliphatic heterocycles. The summed E-state index contributed by atoms with van der Waals surface area (Å²) in [5, 5.41) is 4.04. The molecule has 1 aromatic carbocycles. The van der Waals surface area contributed by atoms with Crippen LogP contribution < -0.4 is 5.32 Å². The lowest BCUT2D eigenvalue weighted by atomic mass is 10.1. The van der Waals surface area contributed by atoms with Gasteiger partial charge in [0.2, 0.25) is 0 Å². The quantitative estimate of drug-likeness (QED) is 0.932. The van der Waals surface area contributed by atoms with Crippen LogP contribution in [-0.2, 0) is 0 Å². The second kappa shape index (κ2) is 5.37. The largest absolute Gasteiger partial charge is 0.349 e. The van der Waals surface area contributed by atoms with Crippen molar-refractivity contribution in [2.45, 2.75) is 32.7 Å². The molecule has 0 bridgehead atoms. The van der Waals surface area contributed by atoms with E-state index < -0.39 is 0 Å². The predicted molar refractivity (Wildman–Crippen MR) is 81.9 cm³/mol. The number of nitrogens with one attached hydrogen (secondary N) is 1. The predicted octanol–water partition coefficient (Wildman–Crippen LogP) is 3.65. The molecular formula is C16H18N2OS. The van der Waals surface area contributed by atoms with Crippen LogP contribution >= 0.6 is 11.3 Å². The van der Waals surface area contributed by atoms with Crippen LogP contribution in [0.3, 0.4) is 0 Å². The summed E-state index contributed by atoms with van der Waals surface area (Å²) in [7, 11) is 0. The maximum Gasteiger partial charge on any atom is 0.263 e. The third kappa shape index (κ3) is 2.75. The third-order valence-electron chi connectivity index (χ3n) is 3.68. The highest BCUT2D eigenvalue weighted by molar-refractivity contribution is 7.14. The molecule has 1 aromatic heterocycles. The molecule has 2 aromatic rings. The molecule has 104 valence electrons. The topological polar surface area (TPSA) is 42.0 Å². The Kier molecular flexibility index (Phi) is 3.57. The number of thiazole rings is 1. The minimum atomic E-state index is 0.00820. The first-order chi connectivity index (χ1) is 9.65. The van der Waals surface area contributed by atoms with E-state index in [1.165, 1.54) is 24.2 Å². The molecule has 1 fully saturated rings. The van der Waals surface area contributed by atoms with Gasteiger partial charge in [0.05, 0.1) is 10.7 Å². The minimum absolute atomic E-state index is 0.00820. The van der Waals surface area contributed by atoms with E-state index >= 15 is 0 Å². The van der Waals surface area contributed by atoms with Gasteiger partial charge in [0.15, 0.2) is 0 Å². The van der Waals surface area contributed by atoms with E-state index in [2.05, 4.69) is 17.2 Å². The van der Waals surface area contributed by atoms with Crippen LogP contribution in [-0.4, -0.2) is 16.9 Å². The van der Waals surface area contributed by atoms with Crippen molar-refractivity contribution in [3.63, 3.8) is 0 Å². The number of benzene rings is 1. The van der Waals surface area contributed by atoms with E-state index in [1.807, 2.05) is 37.3 Å². The fraction of sp³-hybridized carbons (Fsp3) is 0.375. The highest BCUT2D eigenvalue weighted by Crippen LogP contribution is 2.33. The zero-order valence-electron chi connectivity index (χ0n) is 11.7. The van der Waals surface area contributed by atoms with Gasteiger partial charge in [0, 0.05) is 11.6 Å². The van der Waals surface area contributed by atoms with Crippen LogP contribution in [0.4, 0.5) is 0 Å². The number of carbonyl (C=O) groups is 1. The van der Waals surface area contributed by atoms with E-state index in [9.17, 15) is 4.79 Å². The molecule has 4 heteroatoms. The average Bonchev–Trinajstić information content (AvgIpc) is 3.22. The Bertz CT molecular complexity index is 617. The lowest BCUT2D eigenvalue weighted by molar-refractivity contribution is 0.0940. The molecule has 1 saturated carbocycles. The van der Waals surface area contributed by atoms with E-state index in [0.717, 1.165) is 21.1 Å². The van der Waals surface area contributed by atoms with Crippen molar-refractivity contribution in [1.29, 1.82) is 0 Å². The first kappa shape index (κ1) is 13.3. The summed E-state index contributed by atoms with van der Waals surface area (Å²) >= 11 is 1.47. The maximum absolute atomic E-state index is 12.5. The molecule has 0 spiro atoms. The number of carbonyl (C=O) groups excluding carboxylic acids is 1. The maximum atomic E-state index is 12.5. The van der Waals surface area contributed by atoms with Gasteiger partial charge in [-0.2, -0.15) is 0 Å². The first-order valence-corrected chi connectivity index (χ1v) is 7.80. The summed E-state index contributed by atoms with van der Waals surface area (Å²) in [6.45, 7) is 4.03. The molecule has 1 atom stereocenters. The lowest BCUT2D eigenvalue weighted by Crippen LogP contribution is -2.33. The molecular weight excluding hydrogens is 268 g/mol. The Morgan fingerprint density at radius 3 is 2.70 bits per heavy atom. The van der Waals surface area contributed by atoms with Crippen molar-refractivity contribution in [3.8, 4) is 11.3 Å². The second-order valence-electron chi connectivity index (χ2n) is 5.38. The molecule has 1 unspecified atom stereocenters. The molecule has 3 nitrogen and oxygen atoms in total. The van der Waals surface area contributed by atoms with Gasteiger partial charge in [0.25, 0.3) is 5.91 Å². The van der Waals surface area contributed by atoms with Crippen LogP contribution in [0.25, 0.3) is 11.3 Å². The average molecular weight is 286 g/mol. The first-order valence-electron chi connectivity index (χ1n) is 6.99. The summed E-state index contributed by atoms with van der Waals surface area (Å²) < 4.78 is 0. The Morgan fingerprint density at radius 1 is 1.35 bits per heavy atom. The van der Waals surface area contributed by atoms with Gasteiger partial charge >= 0.3 is 0 Å². The van der Waals surface area contributed by atoms with Crippen molar-refractivity contribution in [2.75, 3.05) is 0 Å². The second-order valence-corrected chi connectivity index (χ2v) is 6.58. The zero-order valence-corrected chi connectivity index (χ0v) is 12.5. The van der Waals surface area contributed by atoms with Crippen molar-refractivity contribution in [2.24, 2.45) is 5.92 Å². The van der Waals surface area contributed by atoms with Crippen LogP contribution in [0.15, 0.2) is 30.3 Å². The highest BCUT2D eigenvalue weighted by Gasteiger charge is 2.30. The van der Waals surface area contributed by atoms with Crippen LogP contribution in [0.2, 0.25) is 0 Å². The summed E-state index contributed by atoms with van der Waals surface area (Å²) in [6.07, 6.45) is 2.46. The number of hydrogen-bond acceptors (Lipinski definition) is 3.